The minimum Gasteiger partial charge on any atom is -0.323 e. The summed E-state index contributed by atoms with van der Waals surface area (Å²) in [6.07, 6.45) is 1.77. The van der Waals surface area contributed by atoms with Crippen LogP contribution < -0.4 is 16.2 Å². The number of hydrogen-bond acceptors (Lipinski definition) is 5. The maximum Gasteiger partial charge on any atom is 0.257 e. The van der Waals surface area contributed by atoms with Gasteiger partial charge < -0.3 is 15.6 Å². The van der Waals surface area contributed by atoms with Crippen LogP contribution in [0.5, 0.6) is 0 Å². The van der Waals surface area contributed by atoms with Gasteiger partial charge in [0.15, 0.2) is 5.16 Å². The third kappa shape index (κ3) is 4.36. The van der Waals surface area contributed by atoms with E-state index in [-0.39, 0.29) is 23.5 Å². The van der Waals surface area contributed by atoms with E-state index in [2.05, 4.69) is 27.5 Å². The van der Waals surface area contributed by atoms with Crippen molar-refractivity contribution in [1.82, 2.24) is 9.97 Å². The molecule has 2 amide bonds. The minimum absolute atomic E-state index is 0.00818. The Hall–Kier alpha value is -2.68. The van der Waals surface area contributed by atoms with E-state index < -0.39 is 29.1 Å². The molecule has 3 N–H and O–H groups in total. The van der Waals surface area contributed by atoms with Crippen LogP contribution in [0, 0.1) is 5.82 Å². The topological polar surface area (TPSA) is 104 Å². The number of fused-ring (bicyclic) bond motifs is 1. The molecule has 1 aromatic heterocycles. The summed E-state index contributed by atoms with van der Waals surface area (Å²) in [6.45, 7) is 2.06. The van der Waals surface area contributed by atoms with E-state index in [9.17, 15) is 18.8 Å². The second kappa shape index (κ2) is 8.34. The molecule has 0 spiro atoms. The molecule has 1 atom stereocenters. The molecule has 1 aliphatic rings. The van der Waals surface area contributed by atoms with Crippen LogP contribution >= 0.6 is 11.8 Å². The molecule has 142 valence electrons. The molecule has 0 bridgehead atoms. The van der Waals surface area contributed by atoms with Crippen molar-refractivity contribution in [2.75, 3.05) is 16.4 Å². The summed E-state index contributed by atoms with van der Waals surface area (Å²) in [6, 6.07) is 5.70. The Balaban J connectivity index is 1.88. The smallest absolute Gasteiger partial charge is 0.257 e. The third-order valence-corrected chi connectivity index (χ3v) is 5.07. The second-order valence-corrected chi connectivity index (χ2v) is 7.19. The summed E-state index contributed by atoms with van der Waals surface area (Å²) >= 11 is 1.38. The molecule has 0 radical (unpaired) electrons. The van der Waals surface area contributed by atoms with Crippen molar-refractivity contribution < 1.29 is 14.0 Å². The van der Waals surface area contributed by atoms with E-state index in [0.29, 0.717) is 5.16 Å². The largest absolute Gasteiger partial charge is 0.323 e. The Bertz CT molecular complexity index is 931. The number of halogens is 1. The number of hydrogen-bond donors (Lipinski definition) is 3. The number of aromatic nitrogens is 2. The Morgan fingerprint density at radius 1 is 1.37 bits per heavy atom. The monoisotopic (exact) mass is 390 g/mol. The van der Waals surface area contributed by atoms with Crippen LogP contribution in [0.2, 0.25) is 0 Å². The molecule has 0 fully saturated rings. The summed E-state index contributed by atoms with van der Waals surface area (Å²) in [4.78, 5) is 44.1. The maximum atomic E-state index is 13.8. The van der Waals surface area contributed by atoms with Crippen LogP contribution in [0.15, 0.2) is 34.2 Å². The Labute approximate surface area is 159 Å². The second-order valence-electron chi connectivity index (χ2n) is 6.11. The number of thioether (sulfide) groups is 1. The fourth-order valence-corrected chi connectivity index (χ4v) is 3.69. The van der Waals surface area contributed by atoms with Gasteiger partial charge in [-0.3, -0.25) is 14.4 Å². The van der Waals surface area contributed by atoms with E-state index >= 15 is 0 Å². The summed E-state index contributed by atoms with van der Waals surface area (Å²) in [5.74, 6) is -1.82. The molecular formula is C18H19FN4O3S. The van der Waals surface area contributed by atoms with Gasteiger partial charge >= 0.3 is 0 Å². The van der Waals surface area contributed by atoms with Gasteiger partial charge in [0.05, 0.1) is 17.2 Å². The average Bonchev–Trinajstić information content (AvgIpc) is 2.62. The number of rotatable bonds is 6. The number of aromatic amines is 1. The number of unbranched alkanes of at least 4 members (excludes halogenated alkanes) is 1. The number of carbonyl (C=O) groups is 2. The zero-order valence-electron chi connectivity index (χ0n) is 14.7. The number of H-pyrrole nitrogens is 1. The number of carbonyl (C=O) groups excluding carboxylic acids is 2. The van der Waals surface area contributed by atoms with Gasteiger partial charge in [-0.2, -0.15) is 0 Å². The zero-order chi connectivity index (χ0) is 19.4. The Morgan fingerprint density at radius 2 is 2.15 bits per heavy atom. The molecule has 1 unspecified atom stereocenters. The van der Waals surface area contributed by atoms with Crippen molar-refractivity contribution in [3.8, 4) is 0 Å². The molecule has 1 aromatic carbocycles. The highest BCUT2D eigenvalue weighted by atomic mass is 32.2. The van der Waals surface area contributed by atoms with Gasteiger partial charge in [0.2, 0.25) is 11.8 Å². The van der Waals surface area contributed by atoms with Crippen molar-refractivity contribution in [2.24, 2.45) is 0 Å². The lowest BCUT2D eigenvalue weighted by Crippen LogP contribution is -2.36. The van der Waals surface area contributed by atoms with Crippen molar-refractivity contribution in [1.29, 1.82) is 0 Å². The average molecular weight is 390 g/mol. The van der Waals surface area contributed by atoms with Crippen LogP contribution in [0.3, 0.4) is 0 Å². The first-order valence-electron chi connectivity index (χ1n) is 8.61. The number of nitrogens with zero attached hydrogens (tertiary/aromatic N) is 1. The molecule has 0 saturated heterocycles. The molecule has 2 aromatic rings. The summed E-state index contributed by atoms with van der Waals surface area (Å²) in [7, 11) is 0. The van der Waals surface area contributed by atoms with Gasteiger partial charge in [-0.15, -0.1) is 0 Å². The highest BCUT2D eigenvalue weighted by molar-refractivity contribution is 7.99. The Morgan fingerprint density at radius 3 is 2.89 bits per heavy atom. The molecular weight excluding hydrogens is 371 g/mol. The van der Waals surface area contributed by atoms with Crippen LogP contribution in [0.4, 0.5) is 15.9 Å². The van der Waals surface area contributed by atoms with Gasteiger partial charge in [0.1, 0.15) is 11.6 Å². The summed E-state index contributed by atoms with van der Waals surface area (Å²) in [5.41, 5.74) is -0.401. The van der Waals surface area contributed by atoms with Crippen molar-refractivity contribution >= 4 is 35.1 Å². The number of nitrogens with one attached hydrogen (secondary N) is 3. The van der Waals surface area contributed by atoms with E-state index in [0.717, 1.165) is 18.6 Å². The van der Waals surface area contributed by atoms with Crippen LogP contribution in [-0.4, -0.2) is 27.5 Å². The predicted octanol–water partition coefficient (Wildman–Crippen LogP) is 2.87. The Kier molecular flexibility index (Phi) is 5.90. The molecule has 27 heavy (non-hydrogen) atoms. The number of amides is 2. The molecule has 1 aliphatic heterocycles. The third-order valence-electron chi connectivity index (χ3n) is 4.11. The van der Waals surface area contributed by atoms with Gasteiger partial charge in [-0.05, 0) is 18.6 Å². The fourth-order valence-electron chi connectivity index (χ4n) is 2.74. The summed E-state index contributed by atoms with van der Waals surface area (Å²) < 4.78 is 13.8. The first kappa shape index (κ1) is 19.1. The lowest BCUT2D eigenvalue weighted by Gasteiger charge is -2.23. The van der Waals surface area contributed by atoms with Crippen molar-refractivity contribution in [3.63, 3.8) is 0 Å². The SMILES string of the molecule is CCCCSc1nc2c(c(=O)[nH]1)C(C(=O)Nc1ccccc1F)CC(=O)N2. The molecule has 3 rings (SSSR count). The van der Waals surface area contributed by atoms with Gasteiger partial charge in [0.25, 0.3) is 5.56 Å². The van der Waals surface area contributed by atoms with Crippen LogP contribution in [-0.2, 0) is 9.59 Å². The minimum atomic E-state index is -1.04. The van der Waals surface area contributed by atoms with Gasteiger partial charge in [-0.1, -0.05) is 37.2 Å². The van der Waals surface area contributed by atoms with Crippen LogP contribution in [0.1, 0.15) is 37.7 Å². The molecule has 9 heteroatoms. The highest BCUT2D eigenvalue weighted by Gasteiger charge is 2.35. The standard InChI is InChI=1S/C18H19FN4O3S/c1-2-3-8-27-18-22-15-14(17(26)23-18)10(9-13(24)21-15)16(25)20-12-7-5-4-6-11(12)19/h4-7,10H,2-3,8-9H2,1H3,(H,20,25)(H2,21,22,23,24,26). The first-order valence-corrected chi connectivity index (χ1v) is 9.60. The van der Waals surface area contributed by atoms with Crippen molar-refractivity contribution in [3.05, 3.63) is 46.0 Å². The van der Waals surface area contributed by atoms with Crippen LogP contribution in [0.25, 0.3) is 0 Å². The zero-order valence-corrected chi connectivity index (χ0v) is 15.5. The first-order chi connectivity index (χ1) is 13.0. The van der Waals surface area contributed by atoms with E-state index in [4.69, 9.17) is 0 Å². The lowest BCUT2D eigenvalue weighted by molar-refractivity contribution is -0.123. The summed E-state index contributed by atoms with van der Waals surface area (Å²) in [5, 5.41) is 5.39. The molecule has 0 saturated carbocycles. The van der Waals surface area contributed by atoms with Crippen molar-refractivity contribution in [2.45, 2.75) is 37.3 Å². The normalized spacial score (nSPS) is 15.8. The number of benzene rings is 1. The van der Waals surface area contributed by atoms with Gasteiger partial charge in [0, 0.05) is 12.2 Å². The predicted molar refractivity (Wildman–Crippen MR) is 102 cm³/mol. The lowest BCUT2D eigenvalue weighted by atomic mass is 9.92. The highest BCUT2D eigenvalue weighted by Crippen LogP contribution is 2.30. The van der Waals surface area contributed by atoms with E-state index in [1.807, 2.05) is 0 Å². The molecule has 7 nitrogen and oxygen atoms in total. The quantitative estimate of drug-likeness (QED) is 0.400. The number of anilines is 2. The molecule has 0 aliphatic carbocycles. The maximum absolute atomic E-state index is 13.8. The van der Waals surface area contributed by atoms with Gasteiger partial charge in [-0.25, -0.2) is 9.37 Å². The number of para-hydroxylation sites is 1. The van der Waals surface area contributed by atoms with E-state index in [1.54, 1.807) is 6.07 Å². The fraction of sp³-hybridized carbons (Fsp3) is 0.333. The molecule has 2 heterocycles. The van der Waals surface area contributed by atoms with E-state index in [1.165, 1.54) is 30.0 Å².